The third-order valence-corrected chi connectivity index (χ3v) is 0. The molecular weight excluding hydrogens is 662 g/mol. The van der Waals surface area contributed by atoms with E-state index in [4.69, 9.17) is 75.0 Å². The van der Waals surface area contributed by atoms with Crippen molar-refractivity contribution in [2.75, 3.05) is 0 Å². The van der Waals surface area contributed by atoms with Crippen LogP contribution in [-0.2, 0) is 44.8 Å². The number of carbonyl (C=O) groups is 5. The number of hydrogen-bond acceptors (Lipinski definition) is 15. The SMILES string of the molecule is O=C([O-])[O-].O=C([O-])[O-].O=C([O-])[O-].O=C([O-])[O-].O=C([O-])[O-].[Ta+5].[Ta+5]. The first-order chi connectivity index (χ1) is 8.66. The van der Waals surface area contributed by atoms with Gasteiger partial charge in [0.05, 0.1) is 0 Å². The van der Waals surface area contributed by atoms with Gasteiger partial charge < -0.3 is 75.0 Å². The minimum atomic E-state index is -2.33. The van der Waals surface area contributed by atoms with Gasteiger partial charge in [0.2, 0.25) is 0 Å². The smallest absolute Gasteiger partial charge is 0.652 e. The summed E-state index contributed by atoms with van der Waals surface area (Å²) in [5.41, 5.74) is 0. The van der Waals surface area contributed by atoms with Crippen LogP contribution in [0.1, 0.15) is 0 Å². The van der Waals surface area contributed by atoms with Gasteiger partial charge in [0.1, 0.15) is 0 Å². The van der Waals surface area contributed by atoms with Gasteiger partial charge in [-0.3, -0.25) is 0 Å². The van der Waals surface area contributed by atoms with Gasteiger partial charge >= 0.3 is 44.8 Å². The Balaban J connectivity index is -0.0000000250. The zero-order chi connectivity index (χ0) is 17.9. The van der Waals surface area contributed by atoms with Crippen molar-refractivity contribution in [2.45, 2.75) is 0 Å². The van der Waals surface area contributed by atoms with Crippen molar-refractivity contribution in [1.29, 1.82) is 0 Å². The molecule has 0 saturated heterocycles. The van der Waals surface area contributed by atoms with Crippen LogP contribution in [0.5, 0.6) is 0 Å². The third-order valence-electron chi connectivity index (χ3n) is 0. The van der Waals surface area contributed by atoms with Crippen molar-refractivity contribution in [3.8, 4) is 0 Å². The summed E-state index contributed by atoms with van der Waals surface area (Å²) in [5, 5.41) is 83.3. The van der Waals surface area contributed by atoms with Crippen molar-refractivity contribution >= 4 is 30.8 Å². The molecule has 0 unspecified atom stereocenters. The van der Waals surface area contributed by atoms with Crippen LogP contribution in [0.2, 0.25) is 0 Å². The van der Waals surface area contributed by atoms with Gasteiger partial charge in [-0.05, 0) is 30.8 Å². The molecule has 15 nitrogen and oxygen atoms in total. The van der Waals surface area contributed by atoms with Crippen LogP contribution in [0.4, 0.5) is 24.0 Å². The molecule has 0 atom stereocenters. The standard InChI is InChI=1S/5CH2O3.2Ta/c5*2-1(3)4;;/h5*(H2,2,3,4);;/q;;;;;2*+5/p-10. The van der Waals surface area contributed by atoms with Crippen molar-refractivity contribution in [1.82, 2.24) is 0 Å². The second-order valence-corrected chi connectivity index (χ2v) is 1.25. The third kappa shape index (κ3) is 1070. The van der Waals surface area contributed by atoms with Gasteiger partial charge in [0.25, 0.3) is 0 Å². The molecule has 0 aliphatic rings. The average molecular weight is 662 g/mol. The Labute approximate surface area is 150 Å². The summed E-state index contributed by atoms with van der Waals surface area (Å²) in [7, 11) is 0. The molecule has 0 aliphatic heterocycles. The molecule has 0 aromatic rings. The van der Waals surface area contributed by atoms with Crippen molar-refractivity contribution in [3.05, 3.63) is 0 Å². The van der Waals surface area contributed by atoms with Crippen LogP contribution >= 0.6 is 0 Å². The number of carboxylic acid groups (broad SMARTS) is 10. The van der Waals surface area contributed by atoms with Crippen molar-refractivity contribution in [3.63, 3.8) is 0 Å². The Hall–Kier alpha value is -2.17. The van der Waals surface area contributed by atoms with E-state index < -0.39 is 30.8 Å². The number of rotatable bonds is 0. The Morgan fingerprint density at radius 2 is 0.318 bits per heavy atom. The fraction of sp³-hybridized carbons (Fsp3) is 0. The molecule has 0 bridgehead atoms. The first kappa shape index (κ1) is 42.7. The summed E-state index contributed by atoms with van der Waals surface area (Å²) < 4.78 is 0. The maximum Gasteiger partial charge on any atom is 5.00 e. The fourth-order valence-electron chi connectivity index (χ4n) is 0. The minimum Gasteiger partial charge on any atom is -0.652 e. The van der Waals surface area contributed by atoms with Gasteiger partial charge in [0.15, 0.2) is 0 Å². The normalized spacial score (nSPS) is 5.45. The number of carbonyl (C=O) groups excluding carboxylic acids is 5. The van der Waals surface area contributed by atoms with Crippen LogP contribution in [0.3, 0.4) is 0 Å². The largest absolute Gasteiger partial charge is 5.00 e. The summed E-state index contributed by atoms with van der Waals surface area (Å²) in [4.78, 5) is 41.7. The molecule has 0 saturated carbocycles. The predicted molar refractivity (Wildman–Crippen MR) is 27.0 cm³/mol. The second-order valence-electron chi connectivity index (χ2n) is 1.25. The Morgan fingerprint density at radius 1 is 0.318 bits per heavy atom. The van der Waals surface area contributed by atoms with Crippen LogP contribution < -0.4 is 51.1 Å². The van der Waals surface area contributed by atoms with Crippen molar-refractivity contribution < 1.29 is 120 Å². The molecule has 0 heterocycles. The predicted octanol–water partition coefficient (Wildman–Crippen LogP) is -12.2. The zero-order valence-electron chi connectivity index (χ0n) is 9.52. The van der Waals surface area contributed by atoms with Crippen LogP contribution in [0.15, 0.2) is 0 Å². The molecule has 0 radical (unpaired) electrons. The molecule has 0 N–H and O–H groups in total. The van der Waals surface area contributed by atoms with E-state index in [1.807, 2.05) is 0 Å². The maximum absolute atomic E-state index is 8.33. The van der Waals surface area contributed by atoms with E-state index in [0.717, 1.165) is 0 Å². The van der Waals surface area contributed by atoms with Crippen molar-refractivity contribution in [2.24, 2.45) is 0 Å². The quantitative estimate of drug-likeness (QED) is 0.232. The molecule has 0 amide bonds. The monoisotopic (exact) mass is 662 g/mol. The van der Waals surface area contributed by atoms with E-state index in [1.165, 1.54) is 0 Å². The summed E-state index contributed by atoms with van der Waals surface area (Å²) >= 11 is 0. The molecule has 0 spiro atoms. The Bertz CT molecular complexity index is 211. The molecule has 0 fully saturated rings. The molecule has 120 valence electrons. The maximum atomic E-state index is 8.33. The molecule has 0 aliphatic carbocycles. The van der Waals surface area contributed by atoms with Gasteiger partial charge in [-0.1, -0.05) is 0 Å². The summed E-state index contributed by atoms with van der Waals surface area (Å²) in [5.74, 6) is 0. The first-order valence-corrected chi connectivity index (χ1v) is 3.06. The van der Waals surface area contributed by atoms with E-state index in [1.54, 1.807) is 0 Å². The minimum absolute atomic E-state index is 0. The second kappa shape index (κ2) is 36.4. The van der Waals surface area contributed by atoms with E-state index in [9.17, 15) is 0 Å². The molecular formula is C5O15Ta2. The number of hydrogen-bond donors (Lipinski definition) is 0. The molecule has 17 heteroatoms. The van der Waals surface area contributed by atoms with E-state index >= 15 is 0 Å². The van der Waals surface area contributed by atoms with Gasteiger partial charge in [-0.15, -0.1) is 0 Å². The van der Waals surface area contributed by atoms with E-state index in [-0.39, 0.29) is 44.8 Å². The molecule has 0 aromatic heterocycles. The topological polar surface area (TPSA) is 316 Å². The van der Waals surface area contributed by atoms with Gasteiger partial charge in [-0.25, -0.2) is 0 Å². The van der Waals surface area contributed by atoms with Crippen LogP contribution in [0.25, 0.3) is 0 Å². The Kier molecular flexibility index (Phi) is 70.6. The average Bonchev–Trinajstić information content (AvgIpc) is 1.94. The fourth-order valence-corrected chi connectivity index (χ4v) is 0. The van der Waals surface area contributed by atoms with E-state index in [2.05, 4.69) is 0 Å². The van der Waals surface area contributed by atoms with Gasteiger partial charge in [-0.2, -0.15) is 0 Å². The molecule has 0 rings (SSSR count). The summed E-state index contributed by atoms with van der Waals surface area (Å²) in [6.45, 7) is 0. The zero-order valence-corrected chi connectivity index (χ0v) is 15.9. The molecule has 0 aromatic carbocycles. The Morgan fingerprint density at radius 3 is 0.318 bits per heavy atom. The first-order valence-electron chi connectivity index (χ1n) is 3.06. The summed E-state index contributed by atoms with van der Waals surface area (Å²) in [6.07, 6.45) is -11.7. The van der Waals surface area contributed by atoms with Crippen LogP contribution in [0, 0.1) is 0 Å². The van der Waals surface area contributed by atoms with E-state index in [0.29, 0.717) is 0 Å². The van der Waals surface area contributed by atoms with Crippen LogP contribution in [-0.4, -0.2) is 30.8 Å². The summed E-state index contributed by atoms with van der Waals surface area (Å²) in [6, 6.07) is 0. The van der Waals surface area contributed by atoms with Gasteiger partial charge in [0, 0.05) is 0 Å². The molecule has 22 heavy (non-hydrogen) atoms.